The van der Waals surface area contributed by atoms with Crippen molar-refractivity contribution in [2.45, 2.75) is 33.2 Å². The minimum Gasteiger partial charge on any atom is -0.396 e. The van der Waals surface area contributed by atoms with Gasteiger partial charge in [0.1, 0.15) is 0 Å². The van der Waals surface area contributed by atoms with Crippen molar-refractivity contribution in [1.82, 2.24) is 9.55 Å². The SMILES string of the molecule is C/C=C/c1cn(C[C@H](CC)CCO)c(=O)[nH]c1=O. The van der Waals surface area contributed by atoms with E-state index in [4.69, 9.17) is 5.11 Å². The summed E-state index contributed by atoms with van der Waals surface area (Å²) in [6.45, 7) is 4.45. The van der Waals surface area contributed by atoms with Crippen LogP contribution in [0.4, 0.5) is 0 Å². The van der Waals surface area contributed by atoms with Crippen LogP contribution in [0, 0.1) is 5.92 Å². The fourth-order valence-electron chi connectivity index (χ4n) is 1.85. The van der Waals surface area contributed by atoms with Gasteiger partial charge in [0.2, 0.25) is 0 Å². The lowest BCUT2D eigenvalue weighted by Gasteiger charge is -2.15. The van der Waals surface area contributed by atoms with Crippen LogP contribution in [-0.4, -0.2) is 21.3 Å². The summed E-state index contributed by atoms with van der Waals surface area (Å²) in [5.74, 6) is 0.233. The van der Waals surface area contributed by atoms with Crippen LogP contribution in [0.5, 0.6) is 0 Å². The van der Waals surface area contributed by atoms with Crippen molar-refractivity contribution in [2.24, 2.45) is 5.92 Å². The summed E-state index contributed by atoms with van der Waals surface area (Å²) in [6.07, 6.45) is 6.53. The number of aromatic amines is 1. The van der Waals surface area contributed by atoms with Gasteiger partial charge in [-0.25, -0.2) is 4.79 Å². The molecule has 1 aromatic rings. The van der Waals surface area contributed by atoms with Gasteiger partial charge in [-0.1, -0.05) is 25.5 Å². The molecule has 0 aliphatic carbocycles. The summed E-state index contributed by atoms with van der Waals surface area (Å²) in [5.41, 5.74) is -0.301. The molecule has 0 aliphatic heterocycles. The topological polar surface area (TPSA) is 75.1 Å². The standard InChI is InChI=1S/C13H20N2O3/c1-3-5-11-9-15(13(18)14-12(11)17)8-10(4-2)6-7-16/h3,5,9-10,16H,4,6-8H2,1-2H3,(H,14,17,18)/b5-3+/t10-/m1/s1. The molecule has 2 N–H and O–H groups in total. The Kier molecular flexibility index (Phi) is 5.58. The van der Waals surface area contributed by atoms with Crippen molar-refractivity contribution in [2.75, 3.05) is 6.61 Å². The van der Waals surface area contributed by atoms with Crippen molar-refractivity contribution < 1.29 is 5.11 Å². The molecular weight excluding hydrogens is 232 g/mol. The maximum Gasteiger partial charge on any atom is 0.328 e. The van der Waals surface area contributed by atoms with Gasteiger partial charge in [0.05, 0.1) is 5.56 Å². The Balaban J connectivity index is 3.05. The molecular formula is C13H20N2O3. The van der Waals surface area contributed by atoms with Gasteiger partial charge in [0, 0.05) is 19.3 Å². The maximum atomic E-state index is 11.7. The number of H-pyrrole nitrogens is 1. The van der Waals surface area contributed by atoms with E-state index in [9.17, 15) is 9.59 Å². The van der Waals surface area contributed by atoms with E-state index < -0.39 is 5.69 Å². The number of allylic oxidation sites excluding steroid dienone is 1. The molecule has 1 heterocycles. The second kappa shape index (κ2) is 6.96. The zero-order valence-electron chi connectivity index (χ0n) is 10.8. The highest BCUT2D eigenvalue weighted by atomic mass is 16.3. The molecule has 0 radical (unpaired) electrons. The van der Waals surface area contributed by atoms with Crippen LogP contribution in [0.3, 0.4) is 0 Å². The van der Waals surface area contributed by atoms with Crippen LogP contribution in [0.15, 0.2) is 21.9 Å². The van der Waals surface area contributed by atoms with Gasteiger partial charge in [0.25, 0.3) is 5.56 Å². The van der Waals surface area contributed by atoms with Crippen molar-refractivity contribution >= 4 is 6.08 Å². The first-order valence-electron chi connectivity index (χ1n) is 6.19. The number of nitrogens with one attached hydrogen (secondary N) is 1. The van der Waals surface area contributed by atoms with Gasteiger partial charge >= 0.3 is 5.69 Å². The fraction of sp³-hybridized carbons (Fsp3) is 0.538. The lowest BCUT2D eigenvalue weighted by molar-refractivity contribution is 0.242. The number of aliphatic hydroxyl groups is 1. The largest absolute Gasteiger partial charge is 0.396 e. The van der Waals surface area contributed by atoms with Crippen molar-refractivity contribution in [3.63, 3.8) is 0 Å². The van der Waals surface area contributed by atoms with Gasteiger partial charge in [-0.15, -0.1) is 0 Å². The first kappa shape index (κ1) is 14.4. The number of hydrogen-bond acceptors (Lipinski definition) is 3. The Morgan fingerprint density at radius 3 is 2.78 bits per heavy atom. The zero-order chi connectivity index (χ0) is 13.5. The molecule has 1 atom stereocenters. The molecule has 5 nitrogen and oxygen atoms in total. The van der Waals surface area contributed by atoms with Crippen LogP contribution in [0.2, 0.25) is 0 Å². The normalized spacial score (nSPS) is 13.1. The third kappa shape index (κ3) is 3.70. The molecule has 0 amide bonds. The molecule has 0 bridgehead atoms. The second-order valence-electron chi connectivity index (χ2n) is 4.28. The van der Waals surface area contributed by atoms with Gasteiger partial charge < -0.3 is 5.11 Å². The number of nitrogens with zero attached hydrogens (tertiary/aromatic N) is 1. The van der Waals surface area contributed by atoms with E-state index in [2.05, 4.69) is 4.98 Å². The predicted octanol–water partition coefficient (Wildman–Crippen LogP) is 0.978. The minimum absolute atomic E-state index is 0.109. The number of rotatable bonds is 6. The van der Waals surface area contributed by atoms with E-state index in [0.717, 1.165) is 6.42 Å². The molecule has 0 aromatic carbocycles. The van der Waals surface area contributed by atoms with Crippen LogP contribution in [0.25, 0.3) is 6.08 Å². The highest BCUT2D eigenvalue weighted by Gasteiger charge is 2.09. The molecule has 18 heavy (non-hydrogen) atoms. The zero-order valence-corrected chi connectivity index (χ0v) is 10.8. The van der Waals surface area contributed by atoms with Gasteiger partial charge in [-0.2, -0.15) is 0 Å². The van der Waals surface area contributed by atoms with E-state index in [0.29, 0.717) is 18.5 Å². The quantitative estimate of drug-likeness (QED) is 0.792. The van der Waals surface area contributed by atoms with E-state index in [1.165, 1.54) is 4.57 Å². The summed E-state index contributed by atoms with van der Waals surface area (Å²) >= 11 is 0. The summed E-state index contributed by atoms with van der Waals surface area (Å²) in [4.78, 5) is 25.5. The van der Waals surface area contributed by atoms with Gasteiger partial charge in [-0.3, -0.25) is 14.3 Å². The van der Waals surface area contributed by atoms with E-state index in [1.807, 2.05) is 13.8 Å². The molecule has 100 valence electrons. The highest BCUT2D eigenvalue weighted by Crippen LogP contribution is 2.09. The Labute approximate surface area is 106 Å². The molecule has 0 saturated heterocycles. The minimum atomic E-state index is -0.398. The number of aliphatic hydroxyl groups excluding tert-OH is 1. The summed E-state index contributed by atoms with van der Waals surface area (Å²) in [7, 11) is 0. The van der Waals surface area contributed by atoms with Crippen molar-refractivity contribution in [1.29, 1.82) is 0 Å². The Morgan fingerprint density at radius 1 is 1.50 bits per heavy atom. The first-order valence-corrected chi connectivity index (χ1v) is 6.19. The lowest BCUT2D eigenvalue weighted by atomic mass is 10.0. The molecule has 5 heteroatoms. The molecule has 0 spiro atoms. The molecule has 1 aromatic heterocycles. The van der Waals surface area contributed by atoms with Crippen molar-refractivity contribution in [3.8, 4) is 0 Å². The van der Waals surface area contributed by atoms with Crippen molar-refractivity contribution in [3.05, 3.63) is 38.7 Å². The Hall–Kier alpha value is -1.62. The number of aromatic nitrogens is 2. The van der Waals surface area contributed by atoms with Gasteiger partial charge in [0.15, 0.2) is 0 Å². The Bertz CT molecular complexity index is 514. The third-order valence-corrected chi connectivity index (χ3v) is 2.95. The number of hydrogen-bond donors (Lipinski definition) is 2. The van der Waals surface area contributed by atoms with Gasteiger partial charge in [-0.05, 0) is 19.3 Å². The fourth-order valence-corrected chi connectivity index (χ4v) is 1.85. The van der Waals surface area contributed by atoms with E-state index in [1.54, 1.807) is 18.3 Å². The molecule has 0 aliphatic rings. The Morgan fingerprint density at radius 2 is 2.22 bits per heavy atom. The van der Waals surface area contributed by atoms with E-state index >= 15 is 0 Å². The highest BCUT2D eigenvalue weighted by molar-refractivity contribution is 5.45. The summed E-state index contributed by atoms with van der Waals surface area (Å²) < 4.78 is 1.50. The summed E-state index contributed by atoms with van der Waals surface area (Å²) in [5, 5.41) is 8.94. The van der Waals surface area contributed by atoms with Crippen LogP contribution in [0.1, 0.15) is 32.3 Å². The molecule has 1 rings (SSSR count). The summed E-state index contributed by atoms with van der Waals surface area (Å²) in [6, 6.07) is 0. The average molecular weight is 252 g/mol. The predicted molar refractivity (Wildman–Crippen MR) is 71.5 cm³/mol. The molecule has 0 saturated carbocycles. The average Bonchev–Trinajstić information content (AvgIpc) is 2.34. The lowest BCUT2D eigenvalue weighted by Crippen LogP contribution is -2.32. The molecule has 0 fully saturated rings. The smallest absolute Gasteiger partial charge is 0.328 e. The van der Waals surface area contributed by atoms with Crippen LogP contribution in [-0.2, 0) is 6.54 Å². The molecule has 0 unspecified atom stereocenters. The first-order chi connectivity index (χ1) is 8.62. The van der Waals surface area contributed by atoms with Crippen LogP contribution < -0.4 is 11.2 Å². The monoisotopic (exact) mass is 252 g/mol. The second-order valence-corrected chi connectivity index (χ2v) is 4.28. The van der Waals surface area contributed by atoms with E-state index in [-0.39, 0.29) is 18.1 Å². The van der Waals surface area contributed by atoms with Crippen LogP contribution >= 0.6 is 0 Å². The maximum absolute atomic E-state index is 11.7. The third-order valence-electron chi connectivity index (χ3n) is 2.95.